The van der Waals surface area contributed by atoms with Gasteiger partial charge in [0.2, 0.25) is 5.91 Å². The van der Waals surface area contributed by atoms with Gasteiger partial charge in [0.25, 0.3) is 0 Å². The summed E-state index contributed by atoms with van der Waals surface area (Å²) >= 11 is 0. The van der Waals surface area contributed by atoms with E-state index >= 15 is 4.79 Å². The number of nitrogens with one attached hydrogen (secondary N) is 1. The Balaban J connectivity index is 1.56. The van der Waals surface area contributed by atoms with Gasteiger partial charge in [-0.15, -0.1) is 0 Å². The van der Waals surface area contributed by atoms with Gasteiger partial charge in [-0.2, -0.15) is 0 Å². The summed E-state index contributed by atoms with van der Waals surface area (Å²) in [6, 6.07) is 25.4. The van der Waals surface area contributed by atoms with Crippen molar-refractivity contribution in [3.8, 4) is 17.2 Å². The third-order valence-corrected chi connectivity index (χ3v) is 9.17. The highest BCUT2D eigenvalue weighted by atomic mass is 16.5. The van der Waals surface area contributed by atoms with Gasteiger partial charge in [0, 0.05) is 11.9 Å². The van der Waals surface area contributed by atoms with Crippen molar-refractivity contribution in [3.63, 3.8) is 0 Å². The van der Waals surface area contributed by atoms with Gasteiger partial charge in [-0.1, -0.05) is 54.6 Å². The molecule has 1 amide bonds. The van der Waals surface area contributed by atoms with Crippen molar-refractivity contribution in [2.45, 2.75) is 17.5 Å². The number of hydrogen-bond acceptors (Lipinski definition) is 7. The zero-order valence-electron chi connectivity index (χ0n) is 24.4. The number of methoxy groups -OCH3 is 3. The van der Waals surface area contributed by atoms with E-state index in [9.17, 15) is 9.59 Å². The molecule has 0 saturated carbocycles. The first-order chi connectivity index (χ1) is 21.4. The average molecular weight is 587 g/mol. The maximum Gasteiger partial charge on any atom is 0.238 e. The summed E-state index contributed by atoms with van der Waals surface area (Å²) in [5, 5.41) is 3.07. The van der Waals surface area contributed by atoms with Crippen molar-refractivity contribution in [1.29, 1.82) is 0 Å². The van der Waals surface area contributed by atoms with Crippen molar-refractivity contribution < 1.29 is 28.6 Å². The topological polar surface area (TPSA) is 94.2 Å². The number of fused-ring (bicyclic) bond motifs is 6. The standard InChI is InChI=1S/C36H30N2O6/c1-42-22-16-17-29(44-3)25(20-22)32(39)30-31(33(40)24-12-6-9-15-28(24)43-2)38-19-18-21-10-4-5-11-23(21)34(38)36(30)26-13-7-8-14-27(26)37-35(36)41/h4-20,30-31,34H,1-3H3,(H,37,41)/t30-,31+,34+,36-/m0/s1. The summed E-state index contributed by atoms with van der Waals surface area (Å²) in [6.07, 6.45) is 3.77. The first-order valence-corrected chi connectivity index (χ1v) is 14.3. The van der Waals surface area contributed by atoms with E-state index in [4.69, 9.17) is 14.2 Å². The summed E-state index contributed by atoms with van der Waals surface area (Å²) in [6.45, 7) is 0. The van der Waals surface area contributed by atoms with Crippen molar-refractivity contribution in [3.05, 3.63) is 125 Å². The van der Waals surface area contributed by atoms with E-state index in [1.807, 2.05) is 65.7 Å². The number of rotatable bonds is 7. The average Bonchev–Trinajstić information content (AvgIpc) is 3.55. The Morgan fingerprint density at radius 3 is 2.27 bits per heavy atom. The van der Waals surface area contributed by atoms with Gasteiger partial charge in [-0.3, -0.25) is 14.4 Å². The molecule has 4 atom stereocenters. The number of ketones is 2. The maximum absolute atomic E-state index is 15.2. The third kappa shape index (κ3) is 3.73. The summed E-state index contributed by atoms with van der Waals surface area (Å²) in [5.74, 6) is -1.07. The number of ether oxygens (including phenoxy) is 3. The zero-order valence-corrected chi connectivity index (χ0v) is 24.4. The lowest BCUT2D eigenvalue weighted by molar-refractivity contribution is -0.122. The van der Waals surface area contributed by atoms with Gasteiger partial charge >= 0.3 is 0 Å². The minimum absolute atomic E-state index is 0.225. The lowest BCUT2D eigenvalue weighted by Gasteiger charge is -2.38. The SMILES string of the molecule is COc1ccc(OC)c(C(=O)[C@@H]2[C@H](C(=O)c3ccccc3OC)N3C=Cc4ccccc4[C@@H]3[C@@]23C(=O)Nc2ccccc23)c1. The molecule has 0 unspecified atom stereocenters. The van der Waals surface area contributed by atoms with E-state index in [0.29, 0.717) is 34.1 Å². The number of Topliss-reactive ketones (excluding diaryl/α,β-unsaturated/α-hetero) is 2. The van der Waals surface area contributed by atoms with Crippen LogP contribution < -0.4 is 19.5 Å². The quantitative estimate of drug-likeness (QED) is 0.278. The number of nitrogens with zero attached hydrogens (tertiary/aromatic N) is 1. The van der Waals surface area contributed by atoms with Gasteiger partial charge in [0.1, 0.15) is 28.7 Å². The first-order valence-electron chi connectivity index (χ1n) is 14.3. The molecule has 220 valence electrons. The lowest BCUT2D eigenvalue weighted by atomic mass is 9.62. The van der Waals surface area contributed by atoms with Gasteiger partial charge in [0.15, 0.2) is 11.6 Å². The molecule has 3 aliphatic rings. The summed E-state index contributed by atoms with van der Waals surface area (Å²) in [5.41, 5.74) is 2.14. The molecule has 0 radical (unpaired) electrons. The van der Waals surface area contributed by atoms with E-state index in [-0.39, 0.29) is 17.3 Å². The molecule has 4 aromatic rings. The predicted molar refractivity (Wildman–Crippen MR) is 165 cm³/mol. The van der Waals surface area contributed by atoms with Crippen LogP contribution in [0, 0.1) is 5.92 Å². The Labute approximate surface area is 254 Å². The van der Waals surface area contributed by atoms with E-state index in [0.717, 1.165) is 11.1 Å². The Hall–Kier alpha value is -5.37. The molecule has 7 rings (SSSR count). The van der Waals surface area contributed by atoms with Crippen LogP contribution in [0.5, 0.6) is 17.2 Å². The molecular weight excluding hydrogens is 556 g/mol. The molecule has 4 aromatic carbocycles. The van der Waals surface area contributed by atoms with Crippen molar-refractivity contribution >= 4 is 29.2 Å². The fraction of sp³-hybridized carbons (Fsp3) is 0.194. The second-order valence-corrected chi connectivity index (χ2v) is 11.1. The normalized spacial score (nSPS) is 22.6. The fourth-order valence-corrected chi connectivity index (χ4v) is 7.35. The van der Waals surface area contributed by atoms with Crippen LogP contribution in [0.4, 0.5) is 5.69 Å². The molecule has 3 heterocycles. The second-order valence-electron chi connectivity index (χ2n) is 11.1. The van der Waals surface area contributed by atoms with Crippen LogP contribution in [0.2, 0.25) is 0 Å². The smallest absolute Gasteiger partial charge is 0.238 e. The highest BCUT2D eigenvalue weighted by Crippen LogP contribution is 2.62. The predicted octanol–water partition coefficient (Wildman–Crippen LogP) is 5.69. The summed E-state index contributed by atoms with van der Waals surface area (Å²) in [7, 11) is 4.51. The molecule has 1 fully saturated rings. The Morgan fingerprint density at radius 1 is 0.773 bits per heavy atom. The van der Waals surface area contributed by atoms with Crippen LogP contribution in [0.15, 0.2) is 97.2 Å². The van der Waals surface area contributed by atoms with E-state index in [1.165, 1.54) is 21.3 Å². The fourth-order valence-electron chi connectivity index (χ4n) is 7.35. The lowest BCUT2D eigenvalue weighted by Crippen LogP contribution is -2.49. The highest BCUT2D eigenvalue weighted by molar-refractivity contribution is 6.17. The Kier molecular flexibility index (Phi) is 6.50. The maximum atomic E-state index is 15.2. The van der Waals surface area contributed by atoms with Crippen molar-refractivity contribution in [2.24, 2.45) is 5.92 Å². The highest BCUT2D eigenvalue weighted by Gasteiger charge is 2.71. The van der Waals surface area contributed by atoms with Crippen LogP contribution >= 0.6 is 0 Å². The van der Waals surface area contributed by atoms with Gasteiger partial charge in [-0.05, 0) is 59.2 Å². The minimum Gasteiger partial charge on any atom is -0.497 e. The van der Waals surface area contributed by atoms with Gasteiger partial charge < -0.3 is 24.4 Å². The van der Waals surface area contributed by atoms with Crippen LogP contribution in [0.1, 0.15) is 43.4 Å². The number of para-hydroxylation sites is 2. The van der Waals surface area contributed by atoms with Crippen LogP contribution in [0.25, 0.3) is 6.08 Å². The molecule has 3 aliphatic heterocycles. The van der Waals surface area contributed by atoms with E-state index in [1.54, 1.807) is 42.5 Å². The summed E-state index contributed by atoms with van der Waals surface area (Å²) < 4.78 is 16.7. The number of anilines is 1. The van der Waals surface area contributed by atoms with Crippen molar-refractivity contribution in [2.75, 3.05) is 26.6 Å². The molecule has 0 bridgehead atoms. The van der Waals surface area contributed by atoms with E-state index in [2.05, 4.69) is 5.32 Å². The molecule has 8 nitrogen and oxygen atoms in total. The summed E-state index contributed by atoms with van der Waals surface area (Å²) in [4.78, 5) is 46.7. The minimum atomic E-state index is -1.47. The number of carbonyl (C=O) groups excluding carboxylic acids is 3. The molecule has 44 heavy (non-hydrogen) atoms. The molecule has 8 heteroatoms. The number of benzene rings is 4. The molecule has 0 aliphatic carbocycles. The third-order valence-electron chi connectivity index (χ3n) is 9.17. The largest absolute Gasteiger partial charge is 0.497 e. The van der Waals surface area contributed by atoms with Crippen molar-refractivity contribution in [1.82, 2.24) is 4.90 Å². The first kappa shape index (κ1) is 27.5. The molecule has 1 spiro atoms. The number of carbonyl (C=O) groups is 3. The Bertz CT molecular complexity index is 1870. The van der Waals surface area contributed by atoms with Gasteiger partial charge in [0.05, 0.1) is 44.4 Å². The second kappa shape index (κ2) is 10.4. The Morgan fingerprint density at radius 2 is 1.48 bits per heavy atom. The van der Waals surface area contributed by atoms with Crippen LogP contribution in [0.3, 0.4) is 0 Å². The molecule has 0 aromatic heterocycles. The van der Waals surface area contributed by atoms with Crippen LogP contribution in [-0.4, -0.2) is 49.7 Å². The zero-order chi connectivity index (χ0) is 30.6. The number of amides is 1. The number of hydrogen-bond donors (Lipinski definition) is 1. The molecular formula is C36H30N2O6. The van der Waals surface area contributed by atoms with E-state index < -0.39 is 29.2 Å². The van der Waals surface area contributed by atoms with Gasteiger partial charge in [-0.25, -0.2) is 0 Å². The molecule has 1 N–H and O–H groups in total. The van der Waals surface area contributed by atoms with Crippen LogP contribution in [-0.2, 0) is 10.2 Å². The molecule has 1 saturated heterocycles. The monoisotopic (exact) mass is 586 g/mol.